The number of amides is 1. The Hall–Kier alpha value is -2.15. The Morgan fingerprint density at radius 1 is 1.20 bits per heavy atom. The van der Waals surface area contributed by atoms with Gasteiger partial charge in [-0.05, 0) is 31.0 Å². The molecule has 1 aliphatic heterocycles. The maximum absolute atomic E-state index is 12.6. The number of rotatable bonds is 7. The van der Waals surface area contributed by atoms with Crippen LogP contribution in [0.1, 0.15) is 24.3 Å². The number of ether oxygens (including phenoxy) is 2. The number of carbonyl (C=O) groups is 1. The van der Waals surface area contributed by atoms with Crippen LogP contribution in [0.15, 0.2) is 36.9 Å². The molecule has 2 aromatic rings. The Balaban J connectivity index is 1.74. The molecule has 0 spiro atoms. The van der Waals surface area contributed by atoms with Crippen molar-refractivity contribution in [2.45, 2.75) is 30.5 Å². The lowest BCUT2D eigenvalue weighted by Gasteiger charge is -2.25. The van der Waals surface area contributed by atoms with E-state index in [1.165, 1.54) is 0 Å². The third-order valence-electron chi connectivity index (χ3n) is 4.31. The van der Waals surface area contributed by atoms with Crippen molar-refractivity contribution < 1.29 is 14.3 Å². The van der Waals surface area contributed by atoms with Crippen molar-refractivity contribution in [3.8, 4) is 11.5 Å². The van der Waals surface area contributed by atoms with E-state index in [2.05, 4.69) is 4.98 Å². The lowest BCUT2D eigenvalue weighted by atomic mass is 10.1. The summed E-state index contributed by atoms with van der Waals surface area (Å²) in [4.78, 5) is 18.6. The minimum absolute atomic E-state index is 0.00472. The monoisotopic (exact) mass is 361 g/mol. The van der Waals surface area contributed by atoms with E-state index >= 15 is 0 Å². The Bertz CT molecular complexity index is 720. The molecular formula is C18H23N3O3S. The van der Waals surface area contributed by atoms with Crippen LogP contribution in [0.3, 0.4) is 0 Å². The van der Waals surface area contributed by atoms with Crippen molar-refractivity contribution in [2.24, 2.45) is 0 Å². The van der Waals surface area contributed by atoms with E-state index in [9.17, 15) is 4.79 Å². The highest BCUT2D eigenvalue weighted by Crippen LogP contribution is 2.44. The summed E-state index contributed by atoms with van der Waals surface area (Å²) in [6, 6.07) is 5.86. The molecule has 1 aliphatic rings. The fraction of sp³-hybridized carbons (Fsp3) is 0.444. The summed E-state index contributed by atoms with van der Waals surface area (Å²) in [5.41, 5.74) is 1.06. The second kappa shape index (κ2) is 7.82. The second-order valence-electron chi connectivity index (χ2n) is 5.93. The smallest absolute Gasteiger partial charge is 0.236 e. The molecule has 7 heteroatoms. The first-order valence-electron chi connectivity index (χ1n) is 8.27. The number of aryl methyl sites for hydroxylation is 1. The van der Waals surface area contributed by atoms with Gasteiger partial charge in [0.05, 0.1) is 25.8 Å². The zero-order valence-electron chi connectivity index (χ0n) is 14.7. The molecule has 1 fully saturated rings. The zero-order chi connectivity index (χ0) is 17.8. The lowest BCUT2D eigenvalue weighted by molar-refractivity contribution is -0.129. The molecule has 3 rings (SSSR count). The molecule has 2 unspecified atom stereocenters. The number of aromatic nitrogens is 2. The Morgan fingerprint density at radius 2 is 2.00 bits per heavy atom. The maximum atomic E-state index is 12.6. The van der Waals surface area contributed by atoms with Crippen LogP contribution in [0, 0.1) is 0 Å². The third-order valence-corrected chi connectivity index (χ3v) is 5.71. The summed E-state index contributed by atoms with van der Waals surface area (Å²) in [5, 5.41) is -0.0311. The molecule has 2 heterocycles. The van der Waals surface area contributed by atoms with Crippen molar-refractivity contribution in [3.63, 3.8) is 0 Å². The first kappa shape index (κ1) is 17.7. The molecule has 0 radical (unpaired) electrons. The first-order valence-corrected chi connectivity index (χ1v) is 9.22. The molecule has 0 saturated carbocycles. The first-order chi connectivity index (χ1) is 12.1. The van der Waals surface area contributed by atoms with Gasteiger partial charge >= 0.3 is 0 Å². The second-order valence-corrected chi connectivity index (χ2v) is 7.36. The molecule has 1 saturated heterocycles. The molecular weight excluding hydrogens is 338 g/mol. The highest BCUT2D eigenvalue weighted by molar-refractivity contribution is 8.01. The summed E-state index contributed by atoms with van der Waals surface area (Å²) in [7, 11) is 3.25. The Morgan fingerprint density at radius 3 is 2.68 bits per heavy atom. The van der Waals surface area contributed by atoms with E-state index in [4.69, 9.17) is 9.47 Å². The topological polar surface area (TPSA) is 56.6 Å². The molecule has 1 amide bonds. The van der Waals surface area contributed by atoms with Gasteiger partial charge in [0.25, 0.3) is 0 Å². The van der Waals surface area contributed by atoms with Crippen LogP contribution in [-0.2, 0) is 11.3 Å². The number of hydrogen-bond donors (Lipinski definition) is 0. The summed E-state index contributed by atoms with van der Waals surface area (Å²) >= 11 is 1.68. The van der Waals surface area contributed by atoms with Crippen molar-refractivity contribution in [1.82, 2.24) is 14.5 Å². The lowest BCUT2D eigenvalue weighted by Crippen LogP contribution is -2.31. The molecule has 134 valence electrons. The largest absolute Gasteiger partial charge is 0.493 e. The fourth-order valence-corrected chi connectivity index (χ4v) is 4.31. The number of imidazole rings is 1. The molecule has 0 aliphatic carbocycles. The molecule has 2 atom stereocenters. The fourth-order valence-electron chi connectivity index (χ4n) is 3.01. The van der Waals surface area contributed by atoms with Crippen LogP contribution >= 0.6 is 11.8 Å². The van der Waals surface area contributed by atoms with Gasteiger partial charge in [-0.1, -0.05) is 6.07 Å². The van der Waals surface area contributed by atoms with Gasteiger partial charge < -0.3 is 18.9 Å². The van der Waals surface area contributed by atoms with Crippen molar-refractivity contribution in [1.29, 1.82) is 0 Å². The van der Waals surface area contributed by atoms with Gasteiger partial charge in [0.1, 0.15) is 5.37 Å². The highest BCUT2D eigenvalue weighted by Gasteiger charge is 2.38. The van der Waals surface area contributed by atoms with Crippen LogP contribution in [0.4, 0.5) is 0 Å². The number of methoxy groups -OCH3 is 2. The van der Waals surface area contributed by atoms with Gasteiger partial charge in [-0.3, -0.25) is 4.79 Å². The van der Waals surface area contributed by atoms with E-state index in [-0.39, 0.29) is 16.5 Å². The van der Waals surface area contributed by atoms with Gasteiger partial charge in [0, 0.05) is 25.5 Å². The number of benzene rings is 1. The molecule has 1 aromatic carbocycles. The SMILES string of the molecule is COc1ccc(C2SC(C)C(=O)N2CCCn2ccnc2)cc1OC. The minimum Gasteiger partial charge on any atom is -0.493 e. The van der Waals surface area contributed by atoms with E-state index in [0.717, 1.165) is 18.5 Å². The van der Waals surface area contributed by atoms with Gasteiger partial charge in [-0.2, -0.15) is 0 Å². The summed E-state index contributed by atoms with van der Waals surface area (Å²) < 4.78 is 12.7. The van der Waals surface area contributed by atoms with Crippen LogP contribution < -0.4 is 9.47 Å². The molecule has 0 N–H and O–H groups in total. The van der Waals surface area contributed by atoms with Crippen molar-refractivity contribution in [3.05, 3.63) is 42.5 Å². The van der Waals surface area contributed by atoms with E-state index in [1.54, 1.807) is 38.5 Å². The standard InChI is InChI=1S/C18H23N3O3S/c1-13-17(22)21(9-4-8-20-10-7-19-12-20)18(25-13)14-5-6-15(23-2)16(11-14)24-3/h5-7,10-13,18H,4,8-9H2,1-3H3. The van der Waals surface area contributed by atoms with Crippen molar-refractivity contribution >= 4 is 17.7 Å². The highest BCUT2D eigenvalue weighted by atomic mass is 32.2. The van der Waals surface area contributed by atoms with Crippen LogP contribution in [-0.4, -0.2) is 46.4 Å². The van der Waals surface area contributed by atoms with Gasteiger partial charge in [-0.15, -0.1) is 11.8 Å². The molecule has 1 aromatic heterocycles. The van der Waals surface area contributed by atoms with Gasteiger partial charge in [0.2, 0.25) is 5.91 Å². The van der Waals surface area contributed by atoms with Gasteiger partial charge in [-0.25, -0.2) is 4.98 Å². The normalized spacial score (nSPS) is 20.1. The van der Waals surface area contributed by atoms with Gasteiger partial charge in [0.15, 0.2) is 11.5 Å². The Labute approximate surface area is 152 Å². The number of hydrogen-bond acceptors (Lipinski definition) is 5. The van der Waals surface area contributed by atoms with E-state index in [1.807, 2.05) is 40.8 Å². The molecule has 25 heavy (non-hydrogen) atoms. The van der Waals surface area contributed by atoms with Crippen LogP contribution in [0.2, 0.25) is 0 Å². The number of nitrogens with zero attached hydrogens (tertiary/aromatic N) is 3. The van der Waals surface area contributed by atoms with E-state index in [0.29, 0.717) is 18.0 Å². The van der Waals surface area contributed by atoms with Crippen molar-refractivity contribution in [2.75, 3.05) is 20.8 Å². The number of carbonyl (C=O) groups excluding carboxylic acids is 1. The molecule has 6 nitrogen and oxygen atoms in total. The summed E-state index contributed by atoms with van der Waals surface area (Å²) in [6.07, 6.45) is 6.40. The third kappa shape index (κ3) is 3.76. The summed E-state index contributed by atoms with van der Waals surface area (Å²) in [5.74, 6) is 1.57. The average Bonchev–Trinajstić information content (AvgIpc) is 3.24. The Kier molecular flexibility index (Phi) is 5.53. The predicted octanol–water partition coefficient (Wildman–Crippen LogP) is 2.95. The molecule has 0 bridgehead atoms. The van der Waals surface area contributed by atoms with Crippen LogP contribution in [0.25, 0.3) is 0 Å². The summed E-state index contributed by atoms with van der Waals surface area (Å²) in [6.45, 7) is 3.53. The van der Waals surface area contributed by atoms with E-state index < -0.39 is 0 Å². The minimum atomic E-state index is -0.0358. The van der Waals surface area contributed by atoms with Crippen LogP contribution in [0.5, 0.6) is 11.5 Å². The average molecular weight is 361 g/mol. The number of thioether (sulfide) groups is 1. The maximum Gasteiger partial charge on any atom is 0.236 e. The quantitative estimate of drug-likeness (QED) is 0.759. The zero-order valence-corrected chi connectivity index (χ0v) is 15.5. The predicted molar refractivity (Wildman–Crippen MR) is 97.9 cm³/mol.